The van der Waals surface area contributed by atoms with E-state index < -0.39 is 195 Å². The topological polar surface area (TPSA) is 588 Å². The van der Waals surface area contributed by atoms with Gasteiger partial charge in [-0.15, -0.1) is 0 Å². The van der Waals surface area contributed by atoms with E-state index in [1.807, 2.05) is 0 Å². The number of nitrogens with two attached hydrogens (primary N) is 1. The number of aromatic amines is 4. The second-order valence-corrected chi connectivity index (χ2v) is 20.8. The fourth-order valence-corrected chi connectivity index (χ4v) is 8.19. The smallest absolute Gasteiger partial charge is 0.322 e. The maximum atomic E-state index is 13.9. The van der Waals surface area contributed by atoms with Crippen LogP contribution in [0.25, 0.3) is 0 Å². The second kappa shape index (κ2) is 36.5. The Morgan fingerprint density at radius 3 is 1.11 bits per heavy atom. The number of hydrogen-bond acceptors (Lipinski definition) is 19. The third-order valence-electron chi connectivity index (χ3n) is 12.9. The third kappa shape index (κ3) is 25.4. The molecule has 4 aromatic heterocycles. The predicted octanol–water partition coefficient (Wildman–Crippen LogP) is -8.87. The Hall–Kier alpha value is -10.7. The SMILES string of the molecule is CC(C)C(NC(=O)CNC(=O)C([NH])Cc1cnc[nH]1)C(=O)NC(CO)C(=O)NCC(=O)NC(Cc1cnc[nH]1)C(=O)NCC(=O)NC(CCC(N)=O)C(=O)NC(Cc1cnc[nH]1)C(=O)NCC(=O)NC(C(=O)NC(Cc1cnc[nH]1)C(=O)NCC(=O)O)C(C)C. The summed E-state index contributed by atoms with van der Waals surface area (Å²) in [4.78, 5) is 209. The normalized spacial score (nSPS) is 13.6. The van der Waals surface area contributed by atoms with Crippen molar-refractivity contribution < 1.29 is 77.3 Å². The number of aliphatic hydroxyl groups is 1. The lowest BCUT2D eigenvalue weighted by molar-refractivity contribution is -0.138. The number of primary amides is 1. The first-order valence-electron chi connectivity index (χ1n) is 27.9. The lowest BCUT2D eigenvalue weighted by Crippen LogP contribution is -2.58. The number of nitrogens with zero attached hydrogens (tertiary/aromatic N) is 4. The van der Waals surface area contributed by atoms with E-state index in [1.165, 1.54) is 50.1 Å². The third-order valence-corrected chi connectivity index (χ3v) is 12.9. The van der Waals surface area contributed by atoms with Gasteiger partial charge in [0.1, 0.15) is 54.9 Å². The molecule has 0 fully saturated rings. The van der Waals surface area contributed by atoms with Crippen LogP contribution in [0.4, 0.5) is 0 Å². The van der Waals surface area contributed by atoms with Crippen molar-refractivity contribution in [2.24, 2.45) is 17.6 Å². The molecule has 0 aliphatic rings. The maximum absolute atomic E-state index is 13.9. The molecule has 8 unspecified atom stereocenters. The van der Waals surface area contributed by atoms with E-state index >= 15 is 0 Å². The summed E-state index contributed by atoms with van der Waals surface area (Å²) < 4.78 is 0. The van der Waals surface area contributed by atoms with E-state index in [2.05, 4.69) is 104 Å². The van der Waals surface area contributed by atoms with Gasteiger partial charge in [0.25, 0.3) is 0 Å². The minimum absolute atomic E-state index is 0.00744. The Morgan fingerprint density at radius 1 is 0.433 bits per heavy atom. The van der Waals surface area contributed by atoms with Crippen molar-refractivity contribution in [1.29, 1.82) is 0 Å². The second-order valence-electron chi connectivity index (χ2n) is 20.8. The molecule has 90 heavy (non-hydrogen) atoms. The van der Waals surface area contributed by atoms with E-state index in [0.717, 1.165) is 0 Å². The maximum Gasteiger partial charge on any atom is 0.322 e. The summed E-state index contributed by atoms with van der Waals surface area (Å²) in [6.45, 7) is 1.56. The molecule has 1 radical (unpaired) electrons. The van der Waals surface area contributed by atoms with Crippen molar-refractivity contribution in [3.63, 3.8) is 0 Å². The number of aromatic nitrogens is 8. The molecule has 0 spiro atoms. The summed E-state index contributed by atoms with van der Waals surface area (Å²) in [6.07, 6.45) is 9.20. The monoisotopic (exact) mass is 1260 g/mol. The van der Waals surface area contributed by atoms with Crippen LogP contribution in [0.2, 0.25) is 0 Å². The highest BCUT2D eigenvalue weighted by molar-refractivity contribution is 5.98. The van der Waals surface area contributed by atoms with Crippen molar-refractivity contribution in [1.82, 2.24) is 109 Å². The highest BCUT2D eigenvalue weighted by Gasteiger charge is 2.34. The quantitative estimate of drug-likeness (QED) is 0.0197. The number of carboxylic acids is 1. The van der Waals surface area contributed by atoms with Gasteiger partial charge in [0.15, 0.2) is 0 Å². The van der Waals surface area contributed by atoms with Crippen molar-refractivity contribution in [3.05, 3.63) is 72.9 Å². The van der Waals surface area contributed by atoms with Gasteiger partial charge < -0.3 is 99.7 Å². The molecule has 8 atom stereocenters. The summed E-state index contributed by atoms with van der Waals surface area (Å²) in [5, 5.41) is 47.5. The lowest BCUT2D eigenvalue weighted by atomic mass is 10.0. The van der Waals surface area contributed by atoms with Crippen LogP contribution >= 0.6 is 0 Å². The molecular formula is C52H75N22O16. The van der Waals surface area contributed by atoms with Gasteiger partial charge in [-0.2, -0.15) is 0 Å². The van der Waals surface area contributed by atoms with Gasteiger partial charge in [0.2, 0.25) is 76.8 Å². The first-order valence-corrected chi connectivity index (χ1v) is 27.9. The van der Waals surface area contributed by atoms with Gasteiger partial charge in [-0.25, -0.2) is 25.7 Å². The molecule has 4 aromatic rings. The van der Waals surface area contributed by atoms with Crippen molar-refractivity contribution in [2.45, 2.75) is 115 Å². The summed E-state index contributed by atoms with van der Waals surface area (Å²) in [5.41, 5.74) is 15.0. The lowest BCUT2D eigenvalue weighted by Gasteiger charge is -2.25. The number of carboxylic acid groups (broad SMARTS) is 1. The highest BCUT2D eigenvalue weighted by atomic mass is 16.4. The number of carbonyl (C=O) groups excluding carboxylic acids is 13. The van der Waals surface area contributed by atoms with E-state index in [9.17, 15) is 72.2 Å². The van der Waals surface area contributed by atoms with Crippen molar-refractivity contribution in [2.75, 3.05) is 39.3 Å². The van der Waals surface area contributed by atoms with Gasteiger partial charge >= 0.3 is 5.97 Å². The number of aliphatic hydroxyl groups excluding tert-OH is 1. The summed E-state index contributed by atoms with van der Waals surface area (Å²) in [6, 6.07) is -11.4. The molecule has 0 aliphatic heterocycles. The standard InChI is InChI=1S/C52H75N22O16/c1-25(2)43(51(89)71-35(10-30-14-58-24-67-30)48(86)63-19-42(81)82)74-41(80)18-61-47(85)34(9-29-13-57-23-66-29)70-50(88)32(5-6-37(54)76)68-38(77)15-60-46(84)33(8-28-12-56-22-65-28)69-39(78)16-62-49(87)36(20-75)72-52(90)44(26(3)4)73-40(79)17-59-45(83)31(53)7-27-11-55-21-64-27/h11-14,21-26,31-36,43-44,53,75H,5-10,15-20H2,1-4H3,(H2,54,76)(H,55,64)(H,56,65)(H,57,66)(H,58,67)(H,59,83)(H,60,84)(H,61,85)(H,62,87)(H,63,86)(H,68,77)(H,69,78)(H,70,88)(H,71,89)(H,72,90)(H,73,79)(H,74,80)(H,81,82). The molecule has 38 nitrogen and oxygen atoms in total. The highest BCUT2D eigenvalue weighted by Crippen LogP contribution is 2.09. The van der Waals surface area contributed by atoms with Crippen LogP contribution in [0.1, 0.15) is 63.3 Å². The zero-order valence-corrected chi connectivity index (χ0v) is 49.4. The fraction of sp³-hybridized carbons (Fsp3) is 0.500. The summed E-state index contributed by atoms with van der Waals surface area (Å²) >= 11 is 0. The van der Waals surface area contributed by atoms with Gasteiger partial charge in [-0.3, -0.25) is 67.1 Å². The Balaban J connectivity index is 1.34. The first-order chi connectivity index (χ1) is 42.7. The Bertz CT molecular complexity index is 3070. The van der Waals surface area contributed by atoms with E-state index in [0.29, 0.717) is 22.8 Å². The number of aliphatic carboxylic acids is 1. The Morgan fingerprint density at radius 2 is 0.756 bits per heavy atom. The molecule has 0 aromatic carbocycles. The molecule has 0 saturated heterocycles. The number of amides is 13. The van der Waals surface area contributed by atoms with E-state index in [-0.39, 0.29) is 25.7 Å². The molecular weight excluding hydrogens is 1190 g/mol. The van der Waals surface area contributed by atoms with Gasteiger partial charge in [-0.1, -0.05) is 27.7 Å². The molecule has 0 saturated carbocycles. The van der Waals surface area contributed by atoms with Crippen LogP contribution in [0.5, 0.6) is 0 Å². The fourth-order valence-electron chi connectivity index (χ4n) is 8.19. The van der Waals surface area contributed by atoms with Crippen molar-refractivity contribution >= 4 is 82.8 Å². The first kappa shape index (κ1) is 71.8. The Kier molecular flexibility index (Phi) is 29.1. The van der Waals surface area contributed by atoms with Crippen LogP contribution in [0.15, 0.2) is 50.1 Å². The van der Waals surface area contributed by atoms with Gasteiger partial charge in [0.05, 0.1) is 58.1 Å². The summed E-state index contributed by atoms with van der Waals surface area (Å²) in [7, 11) is 0. The van der Waals surface area contributed by atoms with E-state index in [1.54, 1.807) is 27.7 Å². The van der Waals surface area contributed by atoms with Crippen LogP contribution < -0.4 is 75.3 Å². The van der Waals surface area contributed by atoms with E-state index in [4.69, 9.17) is 16.6 Å². The molecule has 0 aliphatic carbocycles. The zero-order chi connectivity index (χ0) is 66.5. The molecule has 489 valence electrons. The minimum atomic E-state index is -1.66. The molecule has 0 bridgehead atoms. The average molecular weight is 1260 g/mol. The van der Waals surface area contributed by atoms with Crippen molar-refractivity contribution in [3.8, 4) is 0 Å². The molecule has 4 rings (SSSR count). The minimum Gasteiger partial charge on any atom is -0.480 e. The average Bonchev–Trinajstić information content (AvgIpc) is 4.39. The largest absolute Gasteiger partial charge is 0.480 e. The van der Waals surface area contributed by atoms with Gasteiger partial charge in [0, 0.05) is 79.7 Å². The molecule has 38 heteroatoms. The number of H-pyrrole nitrogens is 4. The van der Waals surface area contributed by atoms with Crippen LogP contribution in [0.3, 0.4) is 0 Å². The number of carbonyl (C=O) groups is 14. The molecule has 21 N–H and O–H groups in total. The van der Waals surface area contributed by atoms with Crippen LogP contribution in [0, 0.1) is 11.8 Å². The van der Waals surface area contributed by atoms with Gasteiger partial charge in [-0.05, 0) is 18.3 Å². The van der Waals surface area contributed by atoms with Crippen LogP contribution in [-0.4, -0.2) is 221 Å². The zero-order valence-electron chi connectivity index (χ0n) is 49.4. The number of hydrogen-bond donors (Lipinski definition) is 19. The number of rotatable bonds is 39. The Labute approximate surface area is 512 Å². The predicted molar refractivity (Wildman–Crippen MR) is 307 cm³/mol. The molecule has 4 heterocycles. The number of nitrogens with one attached hydrogen (secondary N) is 17. The van der Waals surface area contributed by atoms with Crippen LogP contribution in [-0.2, 0) is 92.8 Å². The molecule has 13 amide bonds. The number of imidazole rings is 4. The summed E-state index contributed by atoms with van der Waals surface area (Å²) in [5.74, 6) is -14.5.